The molecule has 0 bridgehead atoms. The predicted molar refractivity (Wildman–Crippen MR) is 79.2 cm³/mol. The molecule has 0 saturated carbocycles. The first-order chi connectivity index (χ1) is 8.88. The minimum absolute atomic E-state index is 0.331. The summed E-state index contributed by atoms with van der Waals surface area (Å²) in [5.74, 6) is 1.42. The first kappa shape index (κ1) is 16.5. The molecule has 1 atom stereocenters. The van der Waals surface area contributed by atoms with Crippen LogP contribution in [0, 0.1) is 17.8 Å². The molecule has 19 heavy (non-hydrogen) atoms. The molecule has 1 unspecified atom stereocenters. The highest BCUT2D eigenvalue weighted by Gasteiger charge is 2.29. The van der Waals surface area contributed by atoms with Crippen LogP contribution in [0.5, 0.6) is 0 Å². The molecule has 1 heterocycles. The van der Waals surface area contributed by atoms with Gasteiger partial charge in [-0.1, -0.05) is 27.7 Å². The number of likely N-dealkylation sites (tertiary alicyclic amines) is 1. The highest BCUT2D eigenvalue weighted by molar-refractivity contribution is 5.66. The fraction of sp³-hybridized carbons (Fsp3) is 0.938. The second-order valence-corrected chi connectivity index (χ2v) is 6.99. The lowest BCUT2D eigenvalue weighted by Crippen LogP contribution is -2.35. The Labute approximate surface area is 118 Å². The van der Waals surface area contributed by atoms with E-state index >= 15 is 0 Å². The molecule has 0 radical (unpaired) electrons. The first-order valence-electron chi connectivity index (χ1n) is 7.84. The summed E-state index contributed by atoms with van der Waals surface area (Å²) in [5.41, 5.74) is 0. The van der Waals surface area contributed by atoms with Crippen molar-refractivity contribution in [2.24, 2.45) is 17.8 Å². The fourth-order valence-corrected chi connectivity index (χ4v) is 3.24. The number of carboxylic acids is 1. The van der Waals surface area contributed by atoms with Crippen molar-refractivity contribution in [3.63, 3.8) is 0 Å². The summed E-state index contributed by atoms with van der Waals surface area (Å²) >= 11 is 0. The Morgan fingerprint density at radius 1 is 1.21 bits per heavy atom. The van der Waals surface area contributed by atoms with E-state index in [0.717, 1.165) is 31.3 Å². The van der Waals surface area contributed by atoms with Crippen LogP contribution in [0.2, 0.25) is 0 Å². The predicted octanol–water partition coefficient (Wildman–Crippen LogP) is 3.63. The monoisotopic (exact) mass is 269 g/mol. The molecule has 1 aliphatic rings. The van der Waals surface area contributed by atoms with Gasteiger partial charge in [0.15, 0.2) is 0 Å². The molecule has 1 N–H and O–H groups in total. The minimum atomic E-state index is -0.653. The average molecular weight is 269 g/mol. The topological polar surface area (TPSA) is 40.5 Å². The van der Waals surface area contributed by atoms with Gasteiger partial charge in [-0.3, -0.25) is 4.79 Å². The van der Waals surface area contributed by atoms with Crippen molar-refractivity contribution in [2.45, 2.75) is 65.8 Å². The van der Waals surface area contributed by atoms with E-state index in [1.165, 1.54) is 19.3 Å². The van der Waals surface area contributed by atoms with Crippen molar-refractivity contribution in [3.8, 4) is 0 Å². The molecule has 0 aliphatic carbocycles. The molecule has 112 valence electrons. The standard InChI is InChI=1S/C16H31NO2/c1-12(2)9-15(10-13(3)4)17-8-7-14(11-17)5-6-16(18)19/h12-15H,5-11H2,1-4H3,(H,18,19). The number of rotatable bonds is 8. The Morgan fingerprint density at radius 2 is 1.79 bits per heavy atom. The average Bonchev–Trinajstić information content (AvgIpc) is 2.72. The van der Waals surface area contributed by atoms with E-state index in [1.807, 2.05) is 0 Å². The summed E-state index contributed by atoms with van der Waals surface area (Å²) in [6, 6.07) is 0.690. The summed E-state index contributed by atoms with van der Waals surface area (Å²) < 4.78 is 0. The molecule has 0 aromatic carbocycles. The molecule has 3 nitrogen and oxygen atoms in total. The lowest BCUT2D eigenvalue weighted by molar-refractivity contribution is -0.137. The van der Waals surface area contributed by atoms with Crippen molar-refractivity contribution in [1.29, 1.82) is 0 Å². The maximum Gasteiger partial charge on any atom is 0.303 e. The molecule has 1 rings (SSSR count). The molecule has 0 spiro atoms. The Morgan fingerprint density at radius 3 is 2.26 bits per heavy atom. The third-order valence-electron chi connectivity index (χ3n) is 4.09. The summed E-state index contributed by atoms with van der Waals surface area (Å²) in [6.45, 7) is 11.5. The fourth-order valence-electron chi connectivity index (χ4n) is 3.24. The number of carboxylic acid groups (broad SMARTS) is 1. The van der Waals surface area contributed by atoms with Crippen LogP contribution >= 0.6 is 0 Å². The van der Waals surface area contributed by atoms with Gasteiger partial charge in [-0.05, 0) is 50.0 Å². The Balaban J connectivity index is 2.45. The second-order valence-electron chi connectivity index (χ2n) is 6.99. The normalized spacial score (nSPS) is 20.9. The molecule has 0 aromatic heterocycles. The van der Waals surface area contributed by atoms with E-state index in [-0.39, 0.29) is 0 Å². The molecule has 0 amide bonds. The van der Waals surface area contributed by atoms with Crippen LogP contribution in [-0.2, 0) is 4.79 Å². The van der Waals surface area contributed by atoms with Crippen LogP contribution in [0.15, 0.2) is 0 Å². The zero-order valence-electron chi connectivity index (χ0n) is 13.1. The van der Waals surface area contributed by atoms with E-state index in [1.54, 1.807) is 0 Å². The van der Waals surface area contributed by atoms with Crippen LogP contribution in [0.1, 0.15) is 59.8 Å². The number of aliphatic carboxylic acids is 1. The number of hydrogen-bond donors (Lipinski definition) is 1. The minimum Gasteiger partial charge on any atom is -0.481 e. The van der Waals surface area contributed by atoms with Gasteiger partial charge in [0.25, 0.3) is 0 Å². The van der Waals surface area contributed by atoms with Crippen LogP contribution < -0.4 is 0 Å². The van der Waals surface area contributed by atoms with E-state index in [2.05, 4.69) is 32.6 Å². The van der Waals surface area contributed by atoms with Gasteiger partial charge in [0.05, 0.1) is 0 Å². The van der Waals surface area contributed by atoms with Crippen molar-refractivity contribution in [1.82, 2.24) is 4.90 Å². The van der Waals surface area contributed by atoms with Crippen molar-refractivity contribution < 1.29 is 9.90 Å². The van der Waals surface area contributed by atoms with Crippen LogP contribution in [0.3, 0.4) is 0 Å². The van der Waals surface area contributed by atoms with Gasteiger partial charge in [0, 0.05) is 19.0 Å². The lowest BCUT2D eigenvalue weighted by atomic mass is 9.94. The van der Waals surface area contributed by atoms with Gasteiger partial charge < -0.3 is 10.0 Å². The largest absolute Gasteiger partial charge is 0.481 e. The highest BCUT2D eigenvalue weighted by Crippen LogP contribution is 2.28. The molecule has 1 saturated heterocycles. The summed E-state index contributed by atoms with van der Waals surface area (Å²) in [6.07, 6.45) is 4.90. The zero-order chi connectivity index (χ0) is 14.4. The molecule has 3 heteroatoms. The molecule has 1 fully saturated rings. The van der Waals surface area contributed by atoms with Gasteiger partial charge in [-0.25, -0.2) is 0 Å². The quantitative estimate of drug-likeness (QED) is 0.731. The Hall–Kier alpha value is -0.570. The summed E-state index contributed by atoms with van der Waals surface area (Å²) in [7, 11) is 0. The molecular formula is C16H31NO2. The number of nitrogens with zero attached hydrogens (tertiary/aromatic N) is 1. The van der Waals surface area contributed by atoms with Gasteiger partial charge in [0.1, 0.15) is 0 Å². The van der Waals surface area contributed by atoms with Crippen LogP contribution in [0.4, 0.5) is 0 Å². The van der Waals surface area contributed by atoms with Crippen molar-refractivity contribution >= 4 is 5.97 Å². The maximum absolute atomic E-state index is 10.6. The Kier molecular flexibility index (Phi) is 6.84. The first-order valence-corrected chi connectivity index (χ1v) is 7.84. The smallest absolute Gasteiger partial charge is 0.303 e. The summed E-state index contributed by atoms with van der Waals surface area (Å²) in [4.78, 5) is 13.3. The zero-order valence-corrected chi connectivity index (χ0v) is 13.1. The van der Waals surface area contributed by atoms with Crippen LogP contribution in [0.25, 0.3) is 0 Å². The third-order valence-corrected chi connectivity index (χ3v) is 4.09. The summed E-state index contributed by atoms with van der Waals surface area (Å²) in [5, 5.41) is 8.77. The van der Waals surface area contributed by atoms with E-state index in [0.29, 0.717) is 18.4 Å². The molecular weight excluding hydrogens is 238 g/mol. The number of carbonyl (C=O) groups is 1. The second kappa shape index (κ2) is 7.88. The lowest BCUT2D eigenvalue weighted by Gasteiger charge is -2.30. The van der Waals surface area contributed by atoms with E-state index < -0.39 is 5.97 Å². The van der Waals surface area contributed by atoms with E-state index in [4.69, 9.17) is 5.11 Å². The maximum atomic E-state index is 10.6. The van der Waals surface area contributed by atoms with Crippen molar-refractivity contribution in [2.75, 3.05) is 13.1 Å². The number of hydrogen-bond acceptors (Lipinski definition) is 2. The van der Waals surface area contributed by atoms with Gasteiger partial charge in [-0.15, -0.1) is 0 Å². The Bertz CT molecular complexity index is 266. The molecule has 1 aliphatic heterocycles. The third kappa shape index (κ3) is 6.42. The molecule has 0 aromatic rings. The van der Waals surface area contributed by atoms with Gasteiger partial charge in [0.2, 0.25) is 0 Å². The van der Waals surface area contributed by atoms with Crippen LogP contribution in [-0.4, -0.2) is 35.1 Å². The van der Waals surface area contributed by atoms with Crippen molar-refractivity contribution in [3.05, 3.63) is 0 Å². The van der Waals surface area contributed by atoms with E-state index in [9.17, 15) is 4.79 Å². The highest BCUT2D eigenvalue weighted by atomic mass is 16.4. The van der Waals surface area contributed by atoms with Gasteiger partial charge >= 0.3 is 5.97 Å². The van der Waals surface area contributed by atoms with Gasteiger partial charge in [-0.2, -0.15) is 0 Å². The SMILES string of the molecule is CC(C)CC(CC(C)C)N1CCC(CCC(=O)O)C1.